The molecular formula is C10H16N8. The fraction of sp³-hybridized carbons (Fsp3) is 0.700. The molecule has 0 spiro atoms. The van der Waals surface area contributed by atoms with E-state index in [0.717, 1.165) is 31.2 Å². The number of aromatic nitrogens is 7. The van der Waals surface area contributed by atoms with E-state index in [2.05, 4.69) is 35.6 Å². The summed E-state index contributed by atoms with van der Waals surface area (Å²) < 4.78 is 1.71. The van der Waals surface area contributed by atoms with Crippen molar-refractivity contribution in [1.29, 1.82) is 0 Å². The van der Waals surface area contributed by atoms with Crippen LogP contribution in [0.25, 0.3) is 0 Å². The van der Waals surface area contributed by atoms with Gasteiger partial charge < -0.3 is 0 Å². The third-order valence-electron chi connectivity index (χ3n) is 3.42. The smallest absolute Gasteiger partial charge is 0.165 e. The number of H-pyrrole nitrogens is 1. The Morgan fingerprint density at radius 2 is 2.39 bits per heavy atom. The molecule has 1 aliphatic heterocycles. The number of tetrazole rings is 1. The highest BCUT2D eigenvalue weighted by Gasteiger charge is 2.27. The van der Waals surface area contributed by atoms with Gasteiger partial charge in [-0.05, 0) is 29.8 Å². The monoisotopic (exact) mass is 248 g/mol. The van der Waals surface area contributed by atoms with Gasteiger partial charge in [-0.1, -0.05) is 6.42 Å². The summed E-state index contributed by atoms with van der Waals surface area (Å²) in [4.78, 5) is 6.63. The van der Waals surface area contributed by atoms with Crippen molar-refractivity contribution < 1.29 is 0 Å². The molecule has 1 saturated heterocycles. The minimum atomic E-state index is 0.290. The number of rotatable bonds is 3. The highest BCUT2D eigenvalue weighted by Crippen LogP contribution is 2.29. The van der Waals surface area contributed by atoms with E-state index in [9.17, 15) is 0 Å². The van der Waals surface area contributed by atoms with Crippen LogP contribution in [0.2, 0.25) is 0 Å². The van der Waals surface area contributed by atoms with Crippen LogP contribution in [-0.2, 0) is 13.6 Å². The van der Waals surface area contributed by atoms with Gasteiger partial charge in [-0.15, -0.1) is 5.10 Å². The van der Waals surface area contributed by atoms with E-state index < -0.39 is 0 Å². The van der Waals surface area contributed by atoms with Crippen LogP contribution in [0.15, 0.2) is 6.33 Å². The van der Waals surface area contributed by atoms with E-state index in [1.54, 1.807) is 11.0 Å². The first-order valence-corrected chi connectivity index (χ1v) is 6.15. The molecule has 2 aromatic heterocycles. The predicted octanol–water partition coefficient (Wildman–Crippen LogP) is 0.0554. The van der Waals surface area contributed by atoms with Gasteiger partial charge in [-0.2, -0.15) is 5.10 Å². The van der Waals surface area contributed by atoms with E-state index in [1.807, 2.05) is 7.05 Å². The zero-order valence-electron chi connectivity index (χ0n) is 10.3. The first-order valence-electron chi connectivity index (χ1n) is 6.15. The molecule has 8 nitrogen and oxygen atoms in total. The third kappa shape index (κ3) is 2.10. The number of likely N-dealkylation sites (tertiary alicyclic amines) is 1. The molecule has 96 valence electrons. The van der Waals surface area contributed by atoms with Crippen LogP contribution in [0.4, 0.5) is 0 Å². The molecule has 18 heavy (non-hydrogen) atoms. The van der Waals surface area contributed by atoms with Crippen molar-refractivity contribution >= 4 is 0 Å². The first-order chi connectivity index (χ1) is 8.84. The van der Waals surface area contributed by atoms with Gasteiger partial charge in [-0.3, -0.25) is 10.00 Å². The van der Waals surface area contributed by atoms with Gasteiger partial charge >= 0.3 is 0 Å². The van der Waals surface area contributed by atoms with Crippen molar-refractivity contribution in [2.24, 2.45) is 7.05 Å². The van der Waals surface area contributed by atoms with Gasteiger partial charge in [0.25, 0.3) is 0 Å². The number of piperidine rings is 1. The Labute approximate surface area is 104 Å². The molecule has 8 heteroatoms. The van der Waals surface area contributed by atoms with Crippen LogP contribution in [0.5, 0.6) is 0 Å². The normalized spacial score (nSPS) is 21.3. The lowest BCUT2D eigenvalue weighted by atomic mass is 10.0. The molecule has 1 atom stereocenters. The lowest BCUT2D eigenvalue weighted by Gasteiger charge is -2.33. The summed E-state index contributed by atoms with van der Waals surface area (Å²) in [6, 6.07) is 0.290. The fourth-order valence-electron chi connectivity index (χ4n) is 2.43. The largest absolute Gasteiger partial charge is 0.286 e. The molecule has 0 radical (unpaired) electrons. The molecule has 0 unspecified atom stereocenters. The minimum absolute atomic E-state index is 0.290. The van der Waals surface area contributed by atoms with Crippen LogP contribution in [0.1, 0.15) is 37.0 Å². The predicted molar refractivity (Wildman–Crippen MR) is 62.2 cm³/mol. The summed E-state index contributed by atoms with van der Waals surface area (Å²) in [5.41, 5.74) is 0. The summed E-state index contributed by atoms with van der Waals surface area (Å²) in [6.07, 6.45) is 5.08. The topological polar surface area (TPSA) is 88.4 Å². The molecule has 1 aliphatic rings. The molecule has 0 saturated carbocycles. The van der Waals surface area contributed by atoms with Gasteiger partial charge in [-0.25, -0.2) is 9.67 Å². The fourth-order valence-corrected chi connectivity index (χ4v) is 2.43. The van der Waals surface area contributed by atoms with Gasteiger partial charge in [0.1, 0.15) is 12.2 Å². The Morgan fingerprint density at radius 1 is 1.44 bits per heavy atom. The van der Waals surface area contributed by atoms with Crippen molar-refractivity contribution in [3.63, 3.8) is 0 Å². The number of nitrogens with one attached hydrogen (secondary N) is 1. The van der Waals surface area contributed by atoms with Crippen LogP contribution in [-0.4, -0.2) is 46.8 Å². The molecule has 3 rings (SSSR count). The van der Waals surface area contributed by atoms with E-state index in [4.69, 9.17) is 0 Å². The number of nitrogens with zero attached hydrogens (tertiary/aromatic N) is 7. The molecular weight excluding hydrogens is 232 g/mol. The van der Waals surface area contributed by atoms with Gasteiger partial charge in [0.05, 0.1) is 12.6 Å². The second-order valence-electron chi connectivity index (χ2n) is 4.57. The van der Waals surface area contributed by atoms with Crippen LogP contribution < -0.4 is 0 Å². The zero-order chi connectivity index (χ0) is 12.4. The van der Waals surface area contributed by atoms with Crippen molar-refractivity contribution in [1.82, 2.24) is 40.3 Å². The second kappa shape index (κ2) is 4.81. The zero-order valence-corrected chi connectivity index (χ0v) is 10.3. The molecule has 1 N–H and O–H groups in total. The molecule has 0 amide bonds. The van der Waals surface area contributed by atoms with Gasteiger partial charge in [0.2, 0.25) is 0 Å². The first kappa shape index (κ1) is 11.3. The number of hydrogen-bond donors (Lipinski definition) is 1. The van der Waals surface area contributed by atoms with Crippen LogP contribution in [0, 0.1) is 0 Å². The highest BCUT2D eigenvalue weighted by atomic mass is 15.5. The average Bonchev–Trinajstić information content (AvgIpc) is 3.03. The molecule has 0 bridgehead atoms. The van der Waals surface area contributed by atoms with Crippen molar-refractivity contribution in [2.45, 2.75) is 31.8 Å². The van der Waals surface area contributed by atoms with E-state index in [1.165, 1.54) is 12.8 Å². The van der Waals surface area contributed by atoms with E-state index >= 15 is 0 Å². The molecule has 0 aromatic carbocycles. The Hall–Kier alpha value is -1.83. The Kier molecular flexibility index (Phi) is 3.01. The van der Waals surface area contributed by atoms with Crippen LogP contribution >= 0.6 is 0 Å². The van der Waals surface area contributed by atoms with E-state index in [-0.39, 0.29) is 6.04 Å². The number of aryl methyl sites for hydroxylation is 1. The van der Waals surface area contributed by atoms with Gasteiger partial charge in [0.15, 0.2) is 5.82 Å². The molecule has 1 fully saturated rings. The molecule has 0 aliphatic carbocycles. The summed E-state index contributed by atoms with van der Waals surface area (Å²) in [6.45, 7) is 1.78. The number of hydrogen-bond acceptors (Lipinski definition) is 6. The van der Waals surface area contributed by atoms with Crippen molar-refractivity contribution in [3.05, 3.63) is 18.0 Å². The molecule has 2 aromatic rings. The lowest BCUT2D eigenvalue weighted by Crippen LogP contribution is -2.34. The van der Waals surface area contributed by atoms with Crippen LogP contribution in [0.3, 0.4) is 0 Å². The van der Waals surface area contributed by atoms with Crippen molar-refractivity contribution in [2.75, 3.05) is 6.54 Å². The summed E-state index contributed by atoms with van der Waals surface area (Å²) in [5.74, 6) is 1.81. The minimum Gasteiger partial charge on any atom is -0.286 e. The highest BCUT2D eigenvalue weighted by molar-refractivity contribution is 4.96. The second-order valence-corrected chi connectivity index (χ2v) is 4.57. The Morgan fingerprint density at radius 3 is 3.11 bits per heavy atom. The number of aromatic amines is 1. The maximum atomic E-state index is 4.28. The standard InChI is InChI=1S/C10H16N8/c1-17-9(13-15-16-17)6-18-5-3-2-4-8(18)10-11-7-12-14-10/h7-8H,2-6H2,1H3,(H,11,12,14)/t8-/m1/s1. The summed E-state index contributed by atoms with van der Waals surface area (Å²) >= 11 is 0. The average molecular weight is 248 g/mol. The van der Waals surface area contributed by atoms with E-state index in [0.29, 0.717) is 0 Å². The van der Waals surface area contributed by atoms with Crippen molar-refractivity contribution in [3.8, 4) is 0 Å². The summed E-state index contributed by atoms with van der Waals surface area (Å²) in [5, 5.41) is 18.5. The maximum absolute atomic E-state index is 4.28. The third-order valence-corrected chi connectivity index (χ3v) is 3.42. The lowest BCUT2D eigenvalue weighted by molar-refractivity contribution is 0.129. The maximum Gasteiger partial charge on any atom is 0.165 e. The Bertz CT molecular complexity index is 490. The summed E-state index contributed by atoms with van der Waals surface area (Å²) in [7, 11) is 1.86. The molecule has 3 heterocycles. The quantitative estimate of drug-likeness (QED) is 0.826. The Balaban J connectivity index is 1.78. The SMILES string of the molecule is Cn1nnnc1CN1CCCC[C@@H]1c1ncn[nH]1. The van der Waals surface area contributed by atoms with Gasteiger partial charge in [0, 0.05) is 7.05 Å².